The molecule has 0 radical (unpaired) electrons. The average Bonchev–Trinajstić information content (AvgIpc) is 2.27. The lowest BCUT2D eigenvalue weighted by molar-refractivity contribution is 0.356. The van der Waals surface area contributed by atoms with Crippen molar-refractivity contribution in [3.8, 4) is 11.9 Å². The van der Waals surface area contributed by atoms with Crippen molar-refractivity contribution < 1.29 is 9.47 Å². The van der Waals surface area contributed by atoms with Crippen LogP contribution < -0.4 is 9.47 Å². The Bertz CT molecular complexity index is 460. The summed E-state index contributed by atoms with van der Waals surface area (Å²) in [6.45, 7) is 0. The van der Waals surface area contributed by atoms with Crippen LogP contribution >= 0.6 is 0 Å². The van der Waals surface area contributed by atoms with Gasteiger partial charge in [0.05, 0.1) is 14.2 Å². The number of hydrogen-bond donors (Lipinski definition) is 0. The van der Waals surface area contributed by atoms with Gasteiger partial charge in [-0.3, -0.25) is 0 Å². The molecule has 2 aromatic heterocycles. The van der Waals surface area contributed by atoms with E-state index >= 15 is 0 Å². The van der Waals surface area contributed by atoms with Gasteiger partial charge < -0.3 is 9.47 Å². The highest BCUT2D eigenvalue weighted by Crippen LogP contribution is 2.19. The van der Waals surface area contributed by atoms with Crippen molar-refractivity contribution in [2.45, 2.75) is 0 Å². The van der Waals surface area contributed by atoms with Crippen molar-refractivity contribution in [1.82, 2.24) is 19.9 Å². The molecule has 0 amide bonds. The van der Waals surface area contributed by atoms with Gasteiger partial charge in [0.25, 0.3) is 0 Å². The van der Waals surface area contributed by atoms with E-state index < -0.39 is 0 Å². The average molecular weight is 192 g/mol. The number of ether oxygens (including phenoxy) is 2. The highest BCUT2D eigenvalue weighted by molar-refractivity contribution is 5.75. The number of hydrogen-bond acceptors (Lipinski definition) is 6. The van der Waals surface area contributed by atoms with E-state index in [0.717, 1.165) is 0 Å². The SMILES string of the molecule is COc1nc(OC)c2nccnc2n1. The fourth-order valence-corrected chi connectivity index (χ4v) is 1.05. The molecular formula is C8H8N4O2. The Labute approximate surface area is 79.9 Å². The van der Waals surface area contributed by atoms with Gasteiger partial charge in [0.15, 0.2) is 11.2 Å². The van der Waals surface area contributed by atoms with Crippen molar-refractivity contribution >= 4 is 11.2 Å². The monoisotopic (exact) mass is 192 g/mol. The first kappa shape index (κ1) is 8.61. The van der Waals surface area contributed by atoms with E-state index in [1.807, 2.05) is 0 Å². The summed E-state index contributed by atoms with van der Waals surface area (Å²) in [5, 5.41) is 0. The molecule has 0 saturated carbocycles. The maximum Gasteiger partial charge on any atom is 0.321 e. The van der Waals surface area contributed by atoms with E-state index in [9.17, 15) is 0 Å². The molecule has 2 rings (SSSR count). The molecule has 0 spiro atoms. The number of fused-ring (bicyclic) bond motifs is 1. The molecular weight excluding hydrogens is 184 g/mol. The highest BCUT2D eigenvalue weighted by atomic mass is 16.5. The number of methoxy groups -OCH3 is 2. The van der Waals surface area contributed by atoms with Crippen LogP contribution in [-0.4, -0.2) is 34.2 Å². The van der Waals surface area contributed by atoms with Crippen molar-refractivity contribution in [2.75, 3.05) is 14.2 Å². The molecule has 2 heterocycles. The first-order valence-electron chi connectivity index (χ1n) is 3.92. The van der Waals surface area contributed by atoms with E-state index in [1.165, 1.54) is 14.2 Å². The molecule has 0 saturated heterocycles. The zero-order chi connectivity index (χ0) is 9.97. The molecule has 0 N–H and O–H groups in total. The Hall–Kier alpha value is -1.98. The topological polar surface area (TPSA) is 70.0 Å². The smallest absolute Gasteiger partial charge is 0.321 e. The van der Waals surface area contributed by atoms with Crippen LogP contribution in [0.2, 0.25) is 0 Å². The van der Waals surface area contributed by atoms with Crippen molar-refractivity contribution in [1.29, 1.82) is 0 Å². The largest absolute Gasteiger partial charge is 0.479 e. The quantitative estimate of drug-likeness (QED) is 0.687. The summed E-state index contributed by atoms with van der Waals surface area (Å²) in [6.07, 6.45) is 3.11. The van der Waals surface area contributed by atoms with Crippen LogP contribution in [0.5, 0.6) is 11.9 Å². The molecule has 72 valence electrons. The van der Waals surface area contributed by atoms with Crippen LogP contribution in [0.3, 0.4) is 0 Å². The Morgan fingerprint density at radius 1 is 1.00 bits per heavy atom. The number of nitrogens with zero attached hydrogens (tertiary/aromatic N) is 4. The zero-order valence-corrected chi connectivity index (χ0v) is 7.76. The molecule has 0 fully saturated rings. The fraction of sp³-hybridized carbons (Fsp3) is 0.250. The summed E-state index contributed by atoms with van der Waals surface area (Å²) >= 11 is 0. The Balaban J connectivity index is 2.73. The Kier molecular flexibility index (Phi) is 2.10. The van der Waals surface area contributed by atoms with Crippen molar-refractivity contribution in [3.63, 3.8) is 0 Å². The molecule has 0 unspecified atom stereocenters. The van der Waals surface area contributed by atoms with Gasteiger partial charge in [0.1, 0.15) is 0 Å². The van der Waals surface area contributed by atoms with Crippen LogP contribution in [0.4, 0.5) is 0 Å². The van der Waals surface area contributed by atoms with Gasteiger partial charge in [-0.05, 0) is 0 Å². The molecule has 6 heteroatoms. The second-order valence-corrected chi connectivity index (χ2v) is 2.45. The minimum Gasteiger partial charge on any atom is -0.479 e. The van der Waals surface area contributed by atoms with Crippen LogP contribution in [0.25, 0.3) is 11.2 Å². The van der Waals surface area contributed by atoms with Crippen LogP contribution in [0.15, 0.2) is 12.4 Å². The van der Waals surface area contributed by atoms with Crippen LogP contribution in [0, 0.1) is 0 Å². The van der Waals surface area contributed by atoms with Gasteiger partial charge in [-0.1, -0.05) is 0 Å². The van der Waals surface area contributed by atoms with E-state index in [2.05, 4.69) is 19.9 Å². The Morgan fingerprint density at radius 2 is 1.79 bits per heavy atom. The predicted molar refractivity (Wildman–Crippen MR) is 48.2 cm³/mol. The fourth-order valence-electron chi connectivity index (χ4n) is 1.05. The number of rotatable bonds is 2. The summed E-state index contributed by atoms with van der Waals surface area (Å²) in [6, 6.07) is 0.217. The predicted octanol–water partition coefficient (Wildman–Crippen LogP) is 0.437. The third kappa shape index (κ3) is 1.30. The van der Waals surface area contributed by atoms with Gasteiger partial charge in [0.2, 0.25) is 5.88 Å². The molecule has 0 aliphatic carbocycles. The molecule has 0 aromatic carbocycles. The zero-order valence-electron chi connectivity index (χ0n) is 7.76. The maximum atomic E-state index is 5.04. The minimum absolute atomic E-state index is 0.217. The van der Waals surface area contributed by atoms with E-state index in [0.29, 0.717) is 17.0 Å². The van der Waals surface area contributed by atoms with Gasteiger partial charge in [0, 0.05) is 12.4 Å². The van der Waals surface area contributed by atoms with Crippen molar-refractivity contribution in [2.24, 2.45) is 0 Å². The van der Waals surface area contributed by atoms with Gasteiger partial charge >= 0.3 is 6.01 Å². The Morgan fingerprint density at radius 3 is 2.50 bits per heavy atom. The minimum atomic E-state index is 0.217. The van der Waals surface area contributed by atoms with E-state index in [4.69, 9.17) is 9.47 Å². The normalized spacial score (nSPS) is 10.1. The number of aromatic nitrogens is 4. The van der Waals surface area contributed by atoms with Gasteiger partial charge in [-0.2, -0.15) is 9.97 Å². The van der Waals surface area contributed by atoms with Gasteiger partial charge in [-0.15, -0.1) is 0 Å². The lowest BCUT2D eigenvalue weighted by atomic mass is 10.5. The summed E-state index contributed by atoms with van der Waals surface area (Å²) < 4.78 is 9.93. The van der Waals surface area contributed by atoms with E-state index in [1.54, 1.807) is 12.4 Å². The highest BCUT2D eigenvalue weighted by Gasteiger charge is 2.09. The summed E-state index contributed by atoms with van der Waals surface area (Å²) in [7, 11) is 2.99. The molecule has 0 aliphatic heterocycles. The molecule has 2 aromatic rings. The lowest BCUT2D eigenvalue weighted by Gasteiger charge is -2.03. The molecule has 0 bridgehead atoms. The standard InChI is InChI=1S/C8H8N4O2/c1-13-7-5-6(10-4-3-9-5)11-8(12-7)14-2/h3-4H,1-2H3. The first-order valence-corrected chi connectivity index (χ1v) is 3.92. The first-order chi connectivity index (χ1) is 6.85. The third-order valence-corrected chi connectivity index (χ3v) is 1.66. The maximum absolute atomic E-state index is 5.04. The molecule has 0 aliphatic rings. The van der Waals surface area contributed by atoms with Crippen LogP contribution in [0.1, 0.15) is 0 Å². The summed E-state index contributed by atoms with van der Waals surface area (Å²) in [5.74, 6) is 0.361. The third-order valence-electron chi connectivity index (χ3n) is 1.66. The molecule has 0 atom stereocenters. The summed E-state index contributed by atoms with van der Waals surface area (Å²) in [4.78, 5) is 16.1. The van der Waals surface area contributed by atoms with E-state index in [-0.39, 0.29) is 6.01 Å². The van der Waals surface area contributed by atoms with Crippen LogP contribution in [-0.2, 0) is 0 Å². The summed E-state index contributed by atoms with van der Waals surface area (Å²) in [5.41, 5.74) is 0.979. The van der Waals surface area contributed by atoms with Gasteiger partial charge in [-0.25, -0.2) is 9.97 Å². The second-order valence-electron chi connectivity index (χ2n) is 2.45. The molecule has 6 nitrogen and oxygen atoms in total. The second kappa shape index (κ2) is 3.41. The molecule has 14 heavy (non-hydrogen) atoms. The van der Waals surface area contributed by atoms with Crippen molar-refractivity contribution in [3.05, 3.63) is 12.4 Å². The lowest BCUT2D eigenvalue weighted by Crippen LogP contribution is -1.99.